The van der Waals surface area contributed by atoms with Gasteiger partial charge in [0, 0.05) is 13.6 Å². The van der Waals surface area contributed by atoms with Gasteiger partial charge in [0.2, 0.25) is 0 Å². The number of hydrogen-bond acceptors (Lipinski definition) is 5. The number of nitrogens with two attached hydrogens (primary N) is 1. The van der Waals surface area contributed by atoms with Crippen molar-refractivity contribution in [3.63, 3.8) is 0 Å². The molecule has 0 saturated carbocycles. The molecular weight excluding hydrogens is 196 g/mol. The molecule has 82 valence electrons. The fourth-order valence-corrected chi connectivity index (χ4v) is 1.09. The van der Waals surface area contributed by atoms with Gasteiger partial charge in [-0.3, -0.25) is 0 Å². The number of amidine groups is 1. The minimum atomic E-state index is -0.0331. The van der Waals surface area contributed by atoms with Gasteiger partial charge in [0.15, 0.2) is 5.84 Å². The van der Waals surface area contributed by atoms with E-state index >= 15 is 0 Å². The van der Waals surface area contributed by atoms with Crippen LogP contribution < -0.4 is 10.6 Å². The zero-order valence-corrected chi connectivity index (χ0v) is 8.46. The predicted octanol–water partition coefficient (Wildman–Crippen LogP) is -0.395. The number of nitrogens with zero attached hydrogens (tertiary/aromatic N) is 3. The average molecular weight is 210 g/mol. The molecule has 0 atom stereocenters. The lowest BCUT2D eigenvalue weighted by Crippen LogP contribution is -2.23. The van der Waals surface area contributed by atoms with Gasteiger partial charge in [0.25, 0.3) is 0 Å². The topological polar surface area (TPSA) is 95.0 Å². The Morgan fingerprint density at radius 3 is 2.93 bits per heavy atom. The number of likely N-dealkylation sites (N-methyl/N-ethyl adjacent to an activating group) is 1. The number of aromatic nitrogens is 1. The maximum absolute atomic E-state index is 8.76. The fourth-order valence-electron chi connectivity index (χ4n) is 1.09. The van der Waals surface area contributed by atoms with E-state index in [0.29, 0.717) is 18.1 Å². The van der Waals surface area contributed by atoms with Crippen molar-refractivity contribution in [2.24, 2.45) is 10.9 Å². The third kappa shape index (κ3) is 2.81. The van der Waals surface area contributed by atoms with E-state index < -0.39 is 0 Å². The van der Waals surface area contributed by atoms with Gasteiger partial charge in [-0.1, -0.05) is 11.2 Å². The molecule has 1 aromatic rings. The number of pyridine rings is 1. The molecule has 6 nitrogen and oxygen atoms in total. The van der Waals surface area contributed by atoms with Crippen molar-refractivity contribution in [1.29, 1.82) is 0 Å². The highest BCUT2D eigenvalue weighted by Crippen LogP contribution is 2.08. The number of aliphatic hydroxyl groups excluding tert-OH is 1. The van der Waals surface area contributed by atoms with Crippen molar-refractivity contribution >= 4 is 11.7 Å². The highest BCUT2D eigenvalue weighted by Gasteiger charge is 2.05. The first kappa shape index (κ1) is 11.3. The molecule has 0 amide bonds. The molecule has 0 aliphatic carbocycles. The lowest BCUT2D eigenvalue weighted by atomic mass is 10.3. The molecular formula is C9H14N4O2. The number of oxime groups is 1. The monoisotopic (exact) mass is 210 g/mol. The Hall–Kier alpha value is -1.82. The second-order valence-electron chi connectivity index (χ2n) is 3.01. The second kappa shape index (κ2) is 5.16. The van der Waals surface area contributed by atoms with Crippen LogP contribution in [0.1, 0.15) is 5.69 Å². The van der Waals surface area contributed by atoms with Gasteiger partial charge in [-0.05, 0) is 12.1 Å². The van der Waals surface area contributed by atoms with Gasteiger partial charge in [0.05, 0.1) is 6.61 Å². The summed E-state index contributed by atoms with van der Waals surface area (Å²) in [6.07, 6.45) is 0. The maximum Gasteiger partial charge on any atom is 0.188 e. The lowest BCUT2D eigenvalue weighted by Gasteiger charge is -2.16. The summed E-state index contributed by atoms with van der Waals surface area (Å²) in [5.74, 6) is 0.627. The highest BCUT2D eigenvalue weighted by atomic mass is 16.4. The van der Waals surface area contributed by atoms with Crippen LogP contribution in [-0.2, 0) is 0 Å². The van der Waals surface area contributed by atoms with E-state index in [-0.39, 0.29) is 12.4 Å². The van der Waals surface area contributed by atoms with Gasteiger partial charge in [-0.15, -0.1) is 0 Å². The van der Waals surface area contributed by atoms with E-state index in [4.69, 9.17) is 16.0 Å². The summed E-state index contributed by atoms with van der Waals surface area (Å²) in [4.78, 5) is 5.93. The Labute approximate surface area is 87.6 Å². The first-order chi connectivity index (χ1) is 7.19. The average Bonchev–Trinajstić information content (AvgIpc) is 2.28. The highest BCUT2D eigenvalue weighted by molar-refractivity contribution is 5.95. The molecule has 0 aromatic carbocycles. The molecule has 1 rings (SSSR count). The summed E-state index contributed by atoms with van der Waals surface area (Å²) in [6, 6.07) is 5.18. The third-order valence-electron chi connectivity index (χ3n) is 1.93. The molecule has 0 saturated heterocycles. The van der Waals surface area contributed by atoms with Gasteiger partial charge in [-0.2, -0.15) is 0 Å². The molecule has 1 aromatic heterocycles. The lowest BCUT2D eigenvalue weighted by molar-refractivity contribution is 0.304. The van der Waals surface area contributed by atoms with E-state index in [1.54, 1.807) is 30.1 Å². The SMILES string of the molecule is CN(CCO)c1cccc(C(N)=NO)n1. The van der Waals surface area contributed by atoms with Gasteiger partial charge in [0.1, 0.15) is 11.5 Å². The van der Waals surface area contributed by atoms with Crippen LogP contribution in [0, 0.1) is 0 Å². The third-order valence-corrected chi connectivity index (χ3v) is 1.93. The van der Waals surface area contributed by atoms with Crippen LogP contribution in [0.4, 0.5) is 5.82 Å². The molecule has 0 aliphatic rings. The van der Waals surface area contributed by atoms with Crippen LogP contribution >= 0.6 is 0 Å². The Morgan fingerprint density at radius 1 is 1.60 bits per heavy atom. The van der Waals surface area contributed by atoms with E-state index in [2.05, 4.69) is 10.1 Å². The van der Waals surface area contributed by atoms with Crippen LogP contribution in [0.3, 0.4) is 0 Å². The Morgan fingerprint density at radius 2 is 2.33 bits per heavy atom. The summed E-state index contributed by atoms with van der Waals surface area (Å²) in [5.41, 5.74) is 5.81. The largest absolute Gasteiger partial charge is 0.409 e. The van der Waals surface area contributed by atoms with E-state index in [1.165, 1.54) is 0 Å². The second-order valence-corrected chi connectivity index (χ2v) is 3.01. The van der Waals surface area contributed by atoms with Crippen molar-refractivity contribution in [3.8, 4) is 0 Å². The molecule has 6 heteroatoms. The minimum Gasteiger partial charge on any atom is -0.409 e. The zero-order chi connectivity index (χ0) is 11.3. The molecule has 0 spiro atoms. The normalized spacial score (nSPS) is 11.5. The number of hydrogen-bond donors (Lipinski definition) is 3. The van der Waals surface area contributed by atoms with Crippen LogP contribution in [0.15, 0.2) is 23.4 Å². The van der Waals surface area contributed by atoms with Crippen molar-refractivity contribution in [2.45, 2.75) is 0 Å². The standard InChI is InChI=1S/C9H14N4O2/c1-13(5-6-14)8-4-2-3-7(11-8)9(10)12-15/h2-4,14-15H,5-6H2,1H3,(H2,10,12). The first-order valence-corrected chi connectivity index (χ1v) is 4.46. The quantitative estimate of drug-likeness (QED) is 0.272. The number of anilines is 1. The smallest absolute Gasteiger partial charge is 0.188 e. The molecule has 1 heterocycles. The molecule has 0 bridgehead atoms. The summed E-state index contributed by atoms with van der Waals surface area (Å²) >= 11 is 0. The predicted molar refractivity (Wildman–Crippen MR) is 57.1 cm³/mol. The summed E-state index contributed by atoms with van der Waals surface area (Å²) in [5, 5.41) is 20.1. The summed E-state index contributed by atoms with van der Waals surface area (Å²) < 4.78 is 0. The van der Waals surface area contributed by atoms with E-state index in [9.17, 15) is 0 Å². The molecule has 0 fully saturated rings. The first-order valence-electron chi connectivity index (χ1n) is 4.46. The Balaban J connectivity index is 2.92. The molecule has 0 unspecified atom stereocenters. The zero-order valence-electron chi connectivity index (χ0n) is 8.46. The molecule has 0 aliphatic heterocycles. The Bertz CT molecular complexity index is 354. The molecule has 15 heavy (non-hydrogen) atoms. The minimum absolute atomic E-state index is 0.0331. The Kier molecular flexibility index (Phi) is 3.87. The number of aliphatic hydroxyl groups is 1. The molecule has 4 N–H and O–H groups in total. The van der Waals surface area contributed by atoms with E-state index in [0.717, 1.165) is 0 Å². The van der Waals surface area contributed by atoms with Crippen molar-refractivity contribution in [3.05, 3.63) is 23.9 Å². The van der Waals surface area contributed by atoms with Gasteiger partial charge in [-0.25, -0.2) is 4.98 Å². The maximum atomic E-state index is 8.76. The van der Waals surface area contributed by atoms with E-state index in [1.807, 2.05) is 0 Å². The summed E-state index contributed by atoms with van der Waals surface area (Å²) in [6.45, 7) is 0.526. The van der Waals surface area contributed by atoms with Crippen molar-refractivity contribution in [1.82, 2.24) is 4.98 Å². The van der Waals surface area contributed by atoms with Crippen LogP contribution in [0.5, 0.6) is 0 Å². The molecule has 0 radical (unpaired) electrons. The van der Waals surface area contributed by atoms with Gasteiger partial charge < -0.3 is 20.9 Å². The van der Waals surface area contributed by atoms with Gasteiger partial charge >= 0.3 is 0 Å². The van der Waals surface area contributed by atoms with Crippen LogP contribution in [0.25, 0.3) is 0 Å². The van der Waals surface area contributed by atoms with Crippen molar-refractivity contribution in [2.75, 3.05) is 25.1 Å². The number of rotatable bonds is 4. The summed E-state index contributed by atoms with van der Waals surface area (Å²) in [7, 11) is 1.80. The van der Waals surface area contributed by atoms with Crippen molar-refractivity contribution < 1.29 is 10.3 Å². The van der Waals surface area contributed by atoms with Crippen LogP contribution in [0.2, 0.25) is 0 Å². The fraction of sp³-hybridized carbons (Fsp3) is 0.333. The van der Waals surface area contributed by atoms with Crippen LogP contribution in [-0.4, -0.2) is 41.3 Å².